The Morgan fingerprint density at radius 3 is 2.69 bits per heavy atom. The number of halogens is 1. The van der Waals surface area contributed by atoms with Crippen molar-refractivity contribution in [2.24, 2.45) is 0 Å². The van der Waals surface area contributed by atoms with Gasteiger partial charge >= 0.3 is 0 Å². The molecule has 0 fully saturated rings. The van der Waals surface area contributed by atoms with Crippen molar-refractivity contribution in [2.45, 2.75) is 19.1 Å². The van der Waals surface area contributed by atoms with Crippen molar-refractivity contribution in [3.05, 3.63) is 28.8 Å². The number of benzene rings is 1. The number of ether oxygens (including phenoxy) is 1. The van der Waals surface area contributed by atoms with Crippen LogP contribution in [-0.4, -0.2) is 6.61 Å². The van der Waals surface area contributed by atoms with Crippen molar-refractivity contribution in [2.75, 3.05) is 6.61 Å². The van der Waals surface area contributed by atoms with Crippen LogP contribution in [0.4, 0.5) is 0 Å². The average Bonchev–Trinajstić information content (AvgIpc) is 2.08. The van der Waals surface area contributed by atoms with Crippen molar-refractivity contribution in [1.82, 2.24) is 0 Å². The van der Waals surface area contributed by atoms with E-state index in [-0.39, 0.29) is 5.25 Å². The number of hydrogen-bond donors (Lipinski definition) is 1. The van der Waals surface area contributed by atoms with Gasteiger partial charge in [-0.25, -0.2) is 0 Å². The second kappa shape index (κ2) is 4.77. The van der Waals surface area contributed by atoms with Crippen molar-refractivity contribution >= 4 is 24.2 Å². The van der Waals surface area contributed by atoms with Gasteiger partial charge in [-0.05, 0) is 31.5 Å². The molecule has 1 aromatic carbocycles. The fraction of sp³-hybridized carbons (Fsp3) is 0.400. The molecule has 0 aliphatic rings. The van der Waals surface area contributed by atoms with Crippen molar-refractivity contribution in [1.29, 1.82) is 0 Å². The lowest BCUT2D eigenvalue weighted by atomic mass is 10.1. The highest BCUT2D eigenvalue weighted by atomic mass is 35.5. The third-order valence-corrected chi connectivity index (χ3v) is 2.33. The molecule has 3 heteroatoms. The first-order valence-electron chi connectivity index (χ1n) is 4.25. The van der Waals surface area contributed by atoms with E-state index in [1.54, 1.807) is 0 Å². The molecular formula is C10H13ClOS. The lowest BCUT2D eigenvalue weighted by Crippen LogP contribution is -1.93. The summed E-state index contributed by atoms with van der Waals surface area (Å²) in [4.78, 5) is 0. The van der Waals surface area contributed by atoms with Gasteiger partial charge in [0.15, 0.2) is 0 Å². The second-order valence-electron chi connectivity index (χ2n) is 2.80. The quantitative estimate of drug-likeness (QED) is 0.758. The molecule has 1 atom stereocenters. The Morgan fingerprint density at radius 1 is 1.54 bits per heavy atom. The van der Waals surface area contributed by atoms with E-state index in [2.05, 4.69) is 12.6 Å². The predicted molar refractivity (Wildman–Crippen MR) is 60.0 cm³/mol. The van der Waals surface area contributed by atoms with E-state index in [1.807, 2.05) is 32.0 Å². The zero-order chi connectivity index (χ0) is 9.84. The molecule has 13 heavy (non-hydrogen) atoms. The minimum Gasteiger partial charge on any atom is -0.492 e. The summed E-state index contributed by atoms with van der Waals surface area (Å²) in [7, 11) is 0. The molecule has 0 aromatic heterocycles. The number of hydrogen-bond acceptors (Lipinski definition) is 2. The van der Waals surface area contributed by atoms with Crippen LogP contribution in [0.1, 0.15) is 24.7 Å². The van der Waals surface area contributed by atoms with Gasteiger partial charge in [0.1, 0.15) is 5.75 Å². The molecule has 0 spiro atoms. The van der Waals surface area contributed by atoms with Gasteiger partial charge in [0.25, 0.3) is 0 Å². The third kappa shape index (κ3) is 2.82. The topological polar surface area (TPSA) is 9.23 Å². The van der Waals surface area contributed by atoms with Crippen LogP contribution in [0.25, 0.3) is 0 Å². The number of thiol groups is 1. The van der Waals surface area contributed by atoms with Crippen molar-refractivity contribution in [3.63, 3.8) is 0 Å². The van der Waals surface area contributed by atoms with Gasteiger partial charge in [0, 0.05) is 5.25 Å². The summed E-state index contributed by atoms with van der Waals surface area (Å²) < 4.78 is 5.31. The molecule has 1 unspecified atom stereocenters. The maximum Gasteiger partial charge on any atom is 0.137 e. The maximum absolute atomic E-state index is 5.99. The number of rotatable bonds is 3. The molecule has 1 aromatic rings. The van der Waals surface area contributed by atoms with Crippen LogP contribution in [0.5, 0.6) is 5.75 Å². The van der Waals surface area contributed by atoms with Gasteiger partial charge in [0.2, 0.25) is 0 Å². The van der Waals surface area contributed by atoms with E-state index < -0.39 is 0 Å². The lowest BCUT2D eigenvalue weighted by Gasteiger charge is -2.09. The monoisotopic (exact) mass is 216 g/mol. The Balaban J connectivity index is 2.92. The van der Waals surface area contributed by atoms with Crippen molar-refractivity contribution in [3.8, 4) is 5.75 Å². The fourth-order valence-corrected chi connectivity index (χ4v) is 1.45. The van der Waals surface area contributed by atoms with Gasteiger partial charge in [-0.2, -0.15) is 12.6 Å². The zero-order valence-corrected chi connectivity index (χ0v) is 9.40. The first-order valence-corrected chi connectivity index (χ1v) is 5.15. The average molecular weight is 217 g/mol. The maximum atomic E-state index is 5.99. The van der Waals surface area contributed by atoms with Crippen LogP contribution in [0.15, 0.2) is 18.2 Å². The summed E-state index contributed by atoms with van der Waals surface area (Å²) in [5.41, 5.74) is 1.11. The third-order valence-electron chi connectivity index (χ3n) is 1.74. The van der Waals surface area contributed by atoms with Crippen LogP contribution in [0, 0.1) is 0 Å². The van der Waals surface area contributed by atoms with E-state index in [0.717, 1.165) is 11.3 Å². The van der Waals surface area contributed by atoms with E-state index in [4.69, 9.17) is 16.3 Å². The molecule has 0 N–H and O–H groups in total. The molecule has 0 saturated carbocycles. The standard InChI is InChI=1S/C10H13ClOS/c1-3-12-10-5-4-8(7(2)13)6-9(10)11/h4-7,13H,3H2,1-2H3. The van der Waals surface area contributed by atoms with Gasteiger partial charge < -0.3 is 4.74 Å². The normalized spacial score (nSPS) is 12.6. The summed E-state index contributed by atoms with van der Waals surface area (Å²) in [5, 5.41) is 0.855. The van der Waals surface area contributed by atoms with Crippen LogP contribution in [0.2, 0.25) is 5.02 Å². The predicted octanol–water partition coefficient (Wildman–Crippen LogP) is 3.73. The van der Waals surface area contributed by atoms with E-state index in [9.17, 15) is 0 Å². The van der Waals surface area contributed by atoms with E-state index in [1.165, 1.54) is 0 Å². The minimum absolute atomic E-state index is 0.202. The summed E-state index contributed by atoms with van der Waals surface area (Å²) in [6.45, 7) is 4.58. The molecule has 0 radical (unpaired) electrons. The van der Waals surface area contributed by atoms with Gasteiger partial charge in [-0.1, -0.05) is 17.7 Å². The molecule has 1 nitrogen and oxygen atoms in total. The smallest absolute Gasteiger partial charge is 0.137 e. The Hall–Kier alpha value is -0.340. The second-order valence-corrected chi connectivity index (χ2v) is 3.98. The molecular weight excluding hydrogens is 204 g/mol. The molecule has 1 rings (SSSR count). The molecule has 0 amide bonds. The van der Waals surface area contributed by atoms with Crippen LogP contribution in [-0.2, 0) is 0 Å². The Morgan fingerprint density at radius 2 is 2.23 bits per heavy atom. The van der Waals surface area contributed by atoms with Gasteiger partial charge in [0.05, 0.1) is 11.6 Å². The highest BCUT2D eigenvalue weighted by Crippen LogP contribution is 2.29. The Bertz CT molecular complexity index is 286. The molecule has 0 saturated heterocycles. The summed E-state index contributed by atoms with van der Waals surface area (Å²) >= 11 is 10.3. The highest BCUT2D eigenvalue weighted by Gasteiger charge is 2.04. The summed E-state index contributed by atoms with van der Waals surface area (Å²) in [6.07, 6.45) is 0. The largest absolute Gasteiger partial charge is 0.492 e. The Labute approximate surface area is 89.5 Å². The highest BCUT2D eigenvalue weighted by molar-refractivity contribution is 7.80. The lowest BCUT2D eigenvalue weighted by molar-refractivity contribution is 0.340. The van der Waals surface area contributed by atoms with Crippen molar-refractivity contribution < 1.29 is 4.74 Å². The van der Waals surface area contributed by atoms with Crippen LogP contribution in [0.3, 0.4) is 0 Å². The molecule has 72 valence electrons. The summed E-state index contributed by atoms with van der Waals surface area (Å²) in [6, 6.07) is 5.76. The van der Waals surface area contributed by atoms with Crippen LogP contribution < -0.4 is 4.74 Å². The Kier molecular flexibility index (Phi) is 3.94. The van der Waals surface area contributed by atoms with Gasteiger partial charge in [-0.15, -0.1) is 0 Å². The zero-order valence-electron chi connectivity index (χ0n) is 7.75. The molecule has 0 heterocycles. The first-order chi connectivity index (χ1) is 6.15. The van der Waals surface area contributed by atoms with Crippen LogP contribution >= 0.6 is 24.2 Å². The first kappa shape index (κ1) is 10.7. The van der Waals surface area contributed by atoms with Gasteiger partial charge in [-0.3, -0.25) is 0 Å². The van der Waals surface area contributed by atoms with E-state index in [0.29, 0.717) is 11.6 Å². The molecule has 0 aliphatic heterocycles. The van der Waals surface area contributed by atoms with E-state index >= 15 is 0 Å². The fourth-order valence-electron chi connectivity index (χ4n) is 1.05. The SMILES string of the molecule is CCOc1ccc(C(C)S)cc1Cl. The molecule has 0 bridgehead atoms. The summed E-state index contributed by atoms with van der Waals surface area (Å²) in [5.74, 6) is 0.738. The molecule has 0 aliphatic carbocycles. The minimum atomic E-state index is 0.202.